The first kappa shape index (κ1) is 19.8. The number of fused-ring (bicyclic) bond motifs is 4. The van der Waals surface area contributed by atoms with Gasteiger partial charge >= 0.3 is 0 Å². The molecule has 2 aliphatic heterocycles. The van der Waals surface area contributed by atoms with E-state index in [0.29, 0.717) is 25.3 Å². The van der Waals surface area contributed by atoms with E-state index in [1.54, 1.807) is 0 Å². The molecule has 1 fully saturated rings. The fraction of sp³-hybridized carbons (Fsp3) is 0.360. The fourth-order valence-corrected chi connectivity index (χ4v) is 5.03. The van der Waals surface area contributed by atoms with E-state index >= 15 is 0 Å². The molecule has 0 bridgehead atoms. The molecule has 1 aromatic heterocycles. The normalized spacial score (nSPS) is 17.7. The van der Waals surface area contributed by atoms with Crippen LogP contribution < -0.4 is 4.74 Å². The van der Waals surface area contributed by atoms with Crippen molar-refractivity contribution in [1.29, 1.82) is 0 Å². The highest BCUT2D eigenvalue weighted by Gasteiger charge is 2.45. The van der Waals surface area contributed by atoms with Crippen LogP contribution in [0.2, 0.25) is 0 Å². The maximum absolute atomic E-state index is 13.1. The molecule has 6 heteroatoms. The van der Waals surface area contributed by atoms with Crippen LogP contribution in [-0.4, -0.2) is 52.0 Å². The second-order valence-corrected chi connectivity index (χ2v) is 8.39. The minimum atomic E-state index is -0.182. The van der Waals surface area contributed by atoms with Crippen LogP contribution in [0.1, 0.15) is 41.5 Å². The predicted molar refractivity (Wildman–Crippen MR) is 119 cm³/mol. The Bertz CT molecular complexity index is 1080. The Hall–Kier alpha value is -3.12. The van der Waals surface area contributed by atoms with Gasteiger partial charge in [-0.3, -0.25) is 9.69 Å². The van der Waals surface area contributed by atoms with Gasteiger partial charge in [-0.05, 0) is 62.7 Å². The highest BCUT2D eigenvalue weighted by atomic mass is 16.5. The monoisotopic (exact) mass is 416 g/mol. The largest absolute Gasteiger partial charge is 0.494 e. The number of ether oxygens (including phenoxy) is 1. The molecule has 0 aliphatic carbocycles. The molecule has 6 nitrogen and oxygen atoms in total. The van der Waals surface area contributed by atoms with Crippen LogP contribution in [0, 0.1) is 0 Å². The van der Waals surface area contributed by atoms with Crippen molar-refractivity contribution in [3.63, 3.8) is 0 Å². The number of likely N-dealkylation sites (tertiary alicyclic amines) is 1. The smallest absolute Gasteiger partial charge is 0.253 e. The van der Waals surface area contributed by atoms with Gasteiger partial charge in [0.2, 0.25) is 0 Å². The number of benzene rings is 2. The summed E-state index contributed by atoms with van der Waals surface area (Å²) in [7, 11) is 2.19. The number of rotatable bonds is 3. The van der Waals surface area contributed by atoms with Gasteiger partial charge in [-0.25, -0.2) is 4.98 Å². The first-order valence-electron chi connectivity index (χ1n) is 11.0. The van der Waals surface area contributed by atoms with Crippen molar-refractivity contribution in [2.24, 2.45) is 0 Å². The minimum absolute atomic E-state index is 0.0841. The van der Waals surface area contributed by atoms with E-state index in [0.717, 1.165) is 31.0 Å². The molecule has 31 heavy (non-hydrogen) atoms. The van der Waals surface area contributed by atoms with E-state index < -0.39 is 0 Å². The lowest BCUT2D eigenvalue weighted by molar-refractivity contribution is 0.0230. The van der Waals surface area contributed by atoms with Gasteiger partial charge in [0.25, 0.3) is 5.91 Å². The summed E-state index contributed by atoms with van der Waals surface area (Å²) in [5.74, 6) is 1.96. The zero-order valence-corrected chi connectivity index (χ0v) is 18.1. The van der Waals surface area contributed by atoms with Crippen LogP contribution in [0.3, 0.4) is 0 Å². The number of imidazole rings is 1. The van der Waals surface area contributed by atoms with Gasteiger partial charge in [0.1, 0.15) is 11.6 Å². The lowest BCUT2D eigenvalue weighted by Crippen LogP contribution is -2.53. The average molecular weight is 417 g/mol. The molecule has 2 aliphatic rings. The van der Waals surface area contributed by atoms with Crippen LogP contribution in [-0.2, 0) is 12.1 Å². The van der Waals surface area contributed by atoms with Crippen molar-refractivity contribution < 1.29 is 9.53 Å². The van der Waals surface area contributed by atoms with Crippen LogP contribution >= 0.6 is 0 Å². The van der Waals surface area contributed by atoms with E-state index in [4.69, 9.17) is 9.72 Å². The Morgan fingerprint density at radius 3 is 2.58 bits per heavy atom. The second kappa shape index (κ2) is 7.85. The molecule has 0 unspecified atom stereocenters. The van der Waals surface area contributed by atoms with Crippen molar-refractivity contribution >= 4 is 5.91 Å². The molecule has 2 aromatic carbocycles. The summed E-state index contributed by atoms with van der Waals surface area (Å²) in [6.07, 6.45) is 5.67. The fourth-order valence-electron chi connectivity index (χ4n) is 5.03. The zero-order valence-electron chi connectivity index (χ0n) is 18.1. The molecule has 0 N–H and O–H groups in total. The molecule has 1 amide bonds. The molecular formula is C25H28N4O2. The molecular weight excluding hydrogens is 388 g/mol. The Balaban J connectivity index is 1.38. The molecule has 1 saturated heterocycles. The number of aromatic nitrogens is 2. The topological polar surface area (TPSA) is 50.6 Å². The quantitative estimate of drug-likeness (QED) is 0.651. The molecule has 160 valence electrons. The molecule has 5 rings (SSSR count). The third-order valence-electron chi connectivity index (χ3n) is 6.74. The van der Waals surface area contributed by atoms with Gasteiger partial charge in [-0.2, -0.15) is 0 Å². The average Bonchev–Trinajstić information content (AvgIpc) is 3.27. The van der Waals surface area contributed by atoms with Gasteiger partial charge in [-0.15, -0.1) is 0 Å². The third-order valence-corrected chi connectivity index (χ3v) is 6.74. The first-order chi connectivity index (χ1) is 15.1. The van der Waals surface area contributed by atoms with Crippen molar-refractivity contribution in [3.8, 4) is 11.4 Å². The SMILES string of the molecule is CCOc1ccc(C(=O)N2CCC3(CC2)c2nccn2-c2ccccc2CN3C)cc1. The van der Waals surface area contributed by atoms with Gasteiger partial charge in [0.15, 0.2) is 0 Å². The number of piperidine rings is 1. The van der Waals surface area contributed by atoms with Crippen LogP contribution in [0.4, 0.5) is 0 Å². The Morgan fingerprint density at radius 2 is 1.84 bits per heavy atom. The standard InChI is InChI=1S/C25H28N4O2/c1-3-31-21-10-8-19(9-11-21)23(30)28-15-12-25(13-16-28)24-26-14-17-29(24)22-7-5-4-6-20(22)18-27(25)2/h4-11,14,17H,3,12-13,15-16,18H2,1-2H3. The maximum atomic E-state index is 13.1. The highest BCUT2D eigenvalue weighted by molar-refractivity contribution is 5.94. The van der Waals surface area contributed by atoms with E-state index in [1.807, 2.05) is 42.3 Å². The van der Waals surface area contributed by atoms with Gasteiger partial charge in [0, 0.05) is 37.6 Å². The molecule has 3 heterocycles. The summed E-state index contributed by atoms with van der Waals surface area (Å²) < 4.78 is 7.74. The summed E-state index contributed by atoms with van der Waals surface area (Å²) in [6, 6.07) is 16.0. The van der Waals surface area contributed by atoms with Crippen LogP contribution in [0.5, 0.6) is 5.75 Å². The number of para-hydroxylation sites is 1. The predicted octanol–water partition coefficient (Wildman–Crippen LogP) is 3.85. The number of carbonyl (C=O) groups is 1. The summed E-state index contributed by atoms with van der Waals surface area (Å²) >= 11 is 0. The van der Waals surface area contributed by atoms with E-state index in [9.17, 15) is 4.79 Å². The molecule has 0 radical (unpaired) electrons. The van der Waals surface area contributed by atoms with Crippen molar-refractivity contribution in [2.75, 3.05) is 26.7 Å². The molecule has 0 atom stereocenters. The van der Waals surface area contributed by atoms with Crippen molar-refractivity contribution in [1.82, 2.24) is 19.4 Å². The minimum Gasteiger partial charge on any atom is -0.494 e. The van der Waals surface area contributed by atoms with Gasteiger partial charge in [-0.1, -0.05) is 18.2 Å². The first-order valence-corrected chi connectivity index (χ1v) is 11.0. The Kier molecular flexibility index (Phi) is 5.02. The van der Waals surface area contributed by atoms with Crippen molar-refractivity contribution in [2.45, 2.75) is 31.8 Å². The van der Waals surface area contributed by atoms with E-state index in [2.05, 4.69) is 47.0 Å². The Morgan fingerprint density at radius 1 is 1.10 bits per heavy atom. The number of amides is 1. The summed E-state index contributed by atoms with van der Waals surface area (Å²) in [6.45, 7) is 4.86. The highest BCUT2D eigenvalue weighted by Crippen LogP contribution is 2.42. The molecule has 3 aromatic rings. The maximum Gasteiger partial charge on any atom is 0.253 e. The number of hydrogen-bond donors (Lipinski definition) is 0. The van der Waals surface area contributed by atoms with Crippen LogP contribution in [0.25, 0.3) is 5.69 Å². The lowest BCUT2D eigenvalue weighted by Gasteiger charge is -2.46. The van der Waals surface area contributed by atoms with E-state index in [1.165, 1.54) is 11.3 Å². The van der Waals surface area contributed by atoms with Gasteiger partial charge in [0.05, 0.1) is 17.8 Å². The molecule has 0 saturated carbocycles. The number of hydrogen-bond acceptors (Lipinski definition) is 4. The van der Waals surface area contributed by atoms with E-state index in [-0.39, 0.29) is 11.4 Å². The number of carbonyl (C=O) groups excluding carboxylic acids is 1. The summed E-state index contributed by atoms with van der Waals surface area (Å²) in [5.41, 5.74) is 3.03. The number of nitrogens with zero attached hydrogens (tertiary/aromatic N) is 4. The third kappa shape index (κ3) is 3.31. The van der Waals surface area contributed by atoms with Crippen molar-refractivity contribution in [3.05, 3.63) is 77.9 Å². The molecule has 1 spiro atoms. The summed E-state index contributed by atoms with van der Waals surface area (Å²) in [5, 5.41) is 0. The summed E-state index contributed by atoms with van der Waals surface area (Å²) in [4.78, 5) is 22.3. The second-order valence-electron chi connectivity index (χ2n) is 8.39. The Labute approximate surface area is 183 Å². The van der Waals surface area contributed by atoms with Gasteiger partial charge < -0.3 is 14.2 Å². The lowest BCUT2D eigenvalue weighted by atomic mass is 9.84. The zero-order chi connectivity index (χ0) is 21.4. The van der Waals surface area contributed by atoms with Crippen LogP contribution in [0.15, 0.2) is 60.9 Å².